The molecule has 138 valence electrons. The van der Waals surface area contributed by atoms with Crippen LogP contribution >= 0.6 is 11.6 Å². The Balaban J connectivity index is 1.73. The van der Waals surface area contributed by atoms with Crippen LogP contribution in [0.25, 0.3) is 0 Å². The normalized spacial score (nSPS) is 15.7. The number of hydrogen-bond donors (Lipinski definition) is 2. The van der Waals surface area contributed by atoms with Gasteiger partial charge in [0.2, 0.25) is 6.17 Å². The summed E-state index contributed by atoms with van der Waals surface area (Å²) in [6.07, 6.45) is -1.07. The Bertz CT molecular complexity index is 1080. The highest BCUT2D eigenvalue weighted by molar-refractivity contribution is 6.31. The van der Waals surface area contributed by atoms with Gasteiger partial charge in [0, 0.05) is 21.7 Å². The summed E-state index contributed by atoms with van der Waals surface area (Å²) < 4.78 is 0. The van der Waals surface area contributed by atoms with Gasteiger partial charge in [0.05, 0.1) is 11.4 Å². The molecule has 1 atom stereocenters. The van der Waals surface area contributed by atoms with Crippen LogP contribution in [0.5, 0.6) is 0 Å². The van der Waals surface area contributed by atoms with Gasteiger partial charge < -0.3 is 10.6 Å². The Morgan fingerprint density at radius 1 is 0.964 bits per heavy atom. The molecule has 0 spiro atoms. The van der Waals surface area contributed by atoms with Crippen LogP contribution in [0.15, 0.2) is 83.9 Å². The summed E-state index contributed by atoms with van der Waals surface area (Å²) in [5.41, 5.74) is 3.29. The minimum absolute atomic E-state index is 0.360. The molecule has 6 heteroatoms. The van der Waals surface area contributed by atoms with Gasteiger partial charge in [0.1, 0.15) is 0 Å². The second kappa shape index (κ2) is 7.66. The van der Waals surface area contributed by atoms with E-state index in [4.69, 9.17) is 11.6 Å². The number of hydrogen-bond acceptors (Lipinski definition) is 3. The monoisotopic (exact) mass is 389 g/mol. The van der Waals surface area contributed by atoms with E-state index in [1.54, 1.807) is 24.3 Å². The number of nitrogens with zero attached hydrogens (tertiary/aromatic N) is 1. The van der Waals surface area contributed by atoms with Crippen LogP contribution in [0, 0.1) is 0 Å². The Kier molecular flexibility index (Phi) is 4.91. The average molecular weight is 390 g/mol. The van der Waals surface area contributed by atoms with Crippen molar-refractivity contribution in [1.29, 1.82) is 0 Å². The van der Waals surface area contributed by atoms with E-state index in [0.29, 0.717) is 22.0 Å². The van der Waals surface area contributed by atoms with Crippen molar-refractivity contribution in [3.63, 3.8) is 0 Å². The van der Waals surface area contributed by atoms with E-state index in [1.165, 1.54) is 0 Å². The Morgan fingerprint density at radius 2 is 1.71 bits per heavy atom. The van der Waals surface area contributed by atoms with Crippen molar-refractivity contribution in [1.82, 2.24) is 5.32 Å². The van der Waals surface area contributed by atoms with Gasteiger partial charge in [0.15, 0.2) is 0 Å². The Labute approximate surface area is 167 Å². The summed E-state index contributed by atoms with van der Waals surface area (Å²) >= 11 is 5.96. The molecule has 2 amide bonds. The van der Waals surface area contributed by atoms with Crippen molar-refractivity contribution in [2.24, 2.45) is 4.99 Å². The largest absolute Gasteiger partial charge is 0.322 e. The molecule has 0 aliphatic carbocycles. The molecule has 0 fully saturated rings. The summed E-state index contributed by atoms with van der Waals surface area (Å²) in [5.74, 6) is -0.835. The molecule has 28 heavy (non-hydrogen) atoms. The summed E-state index contributed by atoms with van der Waals surface area (Å²) in [5, 5.41) is 5.98. The van der Waals surface area contributed by atoms with E-state index < -0.39 is 18.0 Å². The average Bonchev–Trinajstić information content (AvgIpc) is 2.85. The second-order valence-electron chi connectivity index (χ2n) is 6.26. The zero-order chi connectivity index (χ0) is 19.5. The molecule has 0 aromatic heterocycles. The van der Waals surface area contributed by atoms with Crippen LogP contribution in [-0.4, -0.2) is 23.7 Å². The van der Waals surface area contributed by atoms with Crippen LogP contribution in [0.3, 0.4) is 0 Å². The van der Waals surface area contributed by atoms with Crippen molar-refractivity contribution in [2.75, 3.05) is 5.32 Å². The lowest BCUT2D eigenvalue weighted by molar-refractivity contribution is -0.117. The molecule has 0 saturated heterocycles. The number of halogens is 1. The molecule has 1 heterocycles. The SMILES string of the molecule is O=C(N[C@H]1N=C(c2ccccc2)c2ccccc2NC1=O)c1cccc(Cl)c1. The van der Waals surface area contributed by atoms with Gasteiger partial charge in [-0.2, -0.15) is 0 Å². The van der Waals surface area contributed by atoms with E-state index in [2.05, 4.69) is 15.6 Å². The van der Waals surface area contributed by atoms with Crippen LogP contribution < -0.4 is 10.6 Å². The zero-order valence-electron chi connectivity index (χ0n) is 14.7. The predicted molar refractivity (Wildman–Crippen MR) is 110 cm³/mol. The number of para-hydroxylation sites is 1. The number of rotatable bonds is 3. The third-order valence-corrected chi connectivity index (χ3v) is 4.58. The summed E-state index contributed by atoms with van der Waals surface area (Å²) in [7, 11) is 0. The Hall–Kier alpha value is -3.44. The fourth-order valence-corrected chi connectivity index (χ4v) is 3.21. The van der Waals surface area contributed by atoms with Crippen LogP contribution in [-0.2, 0) is 4.79 Å². The number of aliphatic imine (C=N–C) groups is 1. The lowest BCUT2D eigenvalue weighted by Gasteiger charge is -2.13. The minimum atomic E-state index is -1.07. The van der Waals surface area contributed by atoms with Gasteiger partial charge in [-0.25, -0.2) is 4.99 Å². The number of fused-ring (bicyclic) bond motifs is 1. The van der Waals surface area contributed by atoms with Gasteiger partial charge in [-0.1, -0.05) is 66.2 Å². The van der Waals surface area contributed by atoms with Gasteiger partial charge in [0.25, 0.3) is 11.8 Å². The van der Waals surface area contributed by atoms with Gasteiger partial charge in [-0.15, -0.1) is 0 Å². The van der Waals surface area contributed by atoms with E-state index in [0.717, 1.165) is 11.1 Å². The molecule has 0 bridgehead atoms. The second-order valence-corrected chi connectivity index (χ2v) is 6.70. The highest BCUT2D eigenvalue weighted by atomic mass is 35.5. The fraction of sp³-hybridized carbons (Fsp3) is 0.0455. The highest BCUT2D eigenvalue weighted by Gasteiger charge is 2.27. The van der Waals surface area contributed by atoms with Crippen molar-refractivity contribution in [2.45, 2.75) is 6.17 Å². The molecule has 1 aliphatic rings. The maximum atomic E-state index is 12.7. The van der Waals surface area contributed by atoms with Crippen LogP contribution in [0.2, 0.25) is 5.02 Å². The number of benzene rings is 3. The third-order valence-electron chi connectivity index (χ3n) is 4.35. The number of nitrogens with one attached hydrogen (secondary N) is 2. The smallest absolute Gasteiger partial charge is 0.269 e. The third kappa shape index (κ3) is 3.66. The molecular formula is C22H16ClN3O2. The number of benzodiazepines with no additional fused rings is 1. The Morgan fingerprint density at radius 3 is 2.50 bits per heavy atom. The first-order valence-corrected chi connectivity index (χ1v) is 9.09. The lowest BCUT2D eigenvalue weighted by Crippen LogP contribution is -2.42. The highest BCUT2D eigenvalue weighted by Crippen LogP contribution is 2.23. The molecule has 0 saturated carbocycles. The topological polar surface area (TPSA) is 70.6 Å². The molecule has 2 N–H and O–H groups in total. The van der Waals surface area contributed by atoms with Gasteiger partial charge in [-0.05, 0) is 24.3 Å². The van der Waals surface area contributed by atoms with E-state index >= 15 is 0 Å². The van der Waals surface area contributed by atoms with Crippen molar-refractivity contribution < 1.29 is 9.59 Å². The van der Waals surface area contributed by atoms with E-state index in [9.17, 15) is 9.59 Å². The van der Waals surface area contributed by atoms with E-state index in [-0.39, 0.29) is 0 Å². The fourth-order valence-electron chi connectivity index (χ4n) is 3.02. The maximum Gasteiger partial charge on any atom is 0.269 e. The first kappa shape index (κ1) is 17.9. The first-order valence-electron chi connectivity index (χ1n) is 8.72. The van der Waals surface area contributed by atoms with E-state index in [1.807, 2.05) is 54.6 Å². The molecular weight excluding hydrogens is 374 g/mol. The minimum Gasteiger partial charge on any atom is -0.322 e. The van der Waals surface area contributed by atoms with Gasteiger partial charge >= 0.3 is 0 Å². The quantitative estimate of drug-likeness (QED) is 0.713. The molecule has 0 unspecified atom stereocenters. The number of carbonyl (C=O) groups excluding carboxylic acids is 2. The summed E-state index contributed by atoms with van der Waals surface area (Å²) in [6, 6.07) is 23.5. The number of carbonyl (C=O) groups is 2. The molecule has 0 radical (unpaired) electrons. The summed E-state index contributed by atoms with van der Waals surface area (Å²) in [6.45, 7) is 0. The number of amides is 2. The molecule has 4 rings (SSSR count). The first-order chi connectivity index (χ1) is 13.6. The molecule has 3 aromatic carbocycles. The van der Waals surface area contributed by atoms with Crippen molar-refractivity contribution in [3.8, 4) is 0 Å². The summed E-state index contributed by atoms with van der Waals surface area (Å²) in [4.78, 5) is 29.9. The van der Waals surface area contributed by atoms with Crippen molar-refractivity contribution in [3.05, 3.63) is 101 Å². The standard InChI is InChI=1S/C22H16ClN3O2/c23-16-10-6-9-15(13-16)21(27)26-20-22(28)24-18-12-5-4-11-17(18)19(25-20)14-7-2-1-3-8-14/h1-13,20H,(H,24,28)(H,26,27)/t20-/m1/s1. The maximum absolute atomic E-state index is 12.7. The van der Waals surface area contributed by atoms with Gasteiger partial charge in [-0.3, -0.25) is 9.59 Å². The van der Waals surface area contributed by atoms with Crippen LogP contribution in [0.4, 0.5) is 5.69 Å². The zero-order valence-corrected chi connectivity index (χ0v) is 15.5. The van der Waals surface area contributed by atoms with Crippen molar-refractivity contribution >= 4 is 34.8 Å². The molecule has 5 nitrogen and oxygen atoms in total. The molecule has 3 aromatic rings. The van der Waals surface area contributed by atoms with Crippen LogP contribution in [0.1, 0.15) is 21.5 Å². The molecule has 1 aliphatic heterocycles. The number of anilines is 1. The predicted octanol–water partition coefficient (Wildman–Crippen LogP) is 3.89. The lowest BCUT2D eigenvalue weighted by atomic mass is 10.0.